The number of nitrogens with zero attached hydrogens (tertiary/aromatic N) is 6. The number of alkyl halides is 5. The SMILES string of the molecule is CCS(=O)(=O)c1ccc(-n2ccc(C(C)(F)F)n2)nc1-c1nc2cc(SC(F)(F)F)ncc2n1C. The van der Waals surface area contributed by atoms with Crippen LogP contribution in [-0.2, 0) is 22.8 Å². The number of pyridine rings is 2. The summed E-state index contributed by atoms with van der Waals surface area (Å²) in [5.74, 6) is -3.37. The summed E-state index contributed by atoms with van der Waals surface area (Å²) in [7, 11) is -2.28. The molecule has 4 aromatic rings. The summed E-state index contributed by atoms with van der Waals surface area (Å²) in [5, 5.41) is 3.49. The zero-order valence-electron chi connectivity index (χ0n) is 18.4. The van der Waals surface area contributed by atoms with Gasteiger partial charge in [-0.1, -0.05) is 6.92 Å². The second-order valence-corrected chi connectivity index (χ2v) is 10.8. The molecule has 0 radical (unpaired) electrons. The zero-order chi connectivity index (χ0) is 25.8. The molecule has 0 amide bonds. The number of rotatable bonds is 6. The Balaban J connectivity index is 1.91. The maximum atomic E-state index is 13.6. The van der Waals surface area contributed by atoms with Crippen LogP contribution in [-0.4, -0.2) is 49.0 Å². The van der Waals surface area contributed by atoms with Gasteiger partial charge in [0.05, 0.1) is 27.9 Å². The van der Waals surface area contributed by atoms with Gasteiger partial charge in [-0.15, -0.1) is 0 Å². The highest BCUT2D eigenvalue weighted by Crippen LogP contribution is 2.37. The lowest BCUT2D eigenvalue weighted by Crippen LogP contribution is -2.12. The van der Waals surface area contributed by atoms with Crippen molar-refractivity contribution >= 4 is 32.6 Å². The molecule has 0 fully saturated rings. The van der Waals surface area contributed by atoms with Crippen molar-refractivity contribution in [2.75, 3.05) is 5.75 Å². The summed E-state index contributed by atoms with van der Waals surface area (Å²) < 4.78 is 93.6. The maximum Gasteiger partial charge on any atom is 0.447 e. The van der Waals surface area contributed by atoms with Gasteiger partial charge in [0.1, 0.15) is 16.4 Å². The van der Waals surface area contributed by atoms with Gasteiger partial charge in [-0.25, -0.2) is 28.1 Å². The topological polar surface area (TPSA) is 95.6 Å². The Morgan fingerprint density at radius 2 is 1.80 bits per heavy atom. The van der Waals surface area contributed by atoms with Crippen LogP contribution in [0, 0.1) is 0 Å². The van der Waals surface area contributed by atoms with E-state index in [0.717, 1.165) is 16.8 Å². The van der Waals surface area contributed by atoms with Gasteiger partial charge in [0.15, 0.2) is 21.5 Å². The smallest absolute Gasteiger partial charge is 0.324 e. The molecule has 0 atom stereocenters. The minimum atomic E-state index is -4.55. The fourth-order valence-electron chi connectivity index (χ4n) is 3.27. The molecule has 0 aliphatic rings. The minimum absolute atomic E-state index is 0.0398. The van der Waals surface area contributed by atoms with Gasteiger partial charge in [0, 0.05) is 31.9 Å². The van der Waals surface area contributed by atoms with E-state index in [1.54, 1.807) is 0 Å². The van der Waals surface area contributed by atoms with Crippen molar-refractivity contribution in [1.29, 1.82) is 0 Å². The first-order chi connectivity index (χ1) is 16.2. The summed E-state index contributed by atoms with van der Waals surface area (Å²) in [5.41, 5.74) is -4.68. The molecule has 0 aliphatic carbocycles. The van der Waals surface area contributed by atoms with E-state index < -0.39 is 38.7 Å². The van der Waals surface area contributed by atoms with Crippen molar-refractivity contribution in [2.45, 2.75) is 35.2 Å². The molecular formula is C20H17F5N6O2S2. The van der Waals surface area contributed by atoms with Gasteiger partial charge in [-0.05, 0) is 24.3 Å². The Kier molecular flexibility index (Phi) is 6.12. The quantitative estimate of drug-likeness (QED) is 0.262. The number of fused-ring (bicyclic) bond motifs is 1. The van der Waals surface area contributed by atoms with Gasteiger partial charge < -0.3 is 4.57 Å². The van der Waals surface area contributed by atoms with Gasteiger partial charge in [0.2, 0.25) is 0 Å². The molecule has 4 heterocycles. The molecule has 186 valence electrons. The van der Waals surface area contributed by atoms with Crippen LogP contribution in [0.1, 0.15) is 19.5 Å². The molecule has 35 heavy (non-hydrogen) atoms. The molecule has 0 saturated heterocycles. The Morgan fingerprint density at radius 3 is 2.40 bits per heavy atom. The molecule has 0 bridgehead atoms. The normalized spacial score (nSPS) is 13.0. The molecule has 0 spiro atoms. The lowest BCUT2D eigenvalue weighted by molar-refractivity contribution is -0.0329. The van der Waals surface area contributed by atoms with Crippen LogP contribution in [0.3, 0.4) is 0 Å². The van der Waals surface area contributed by atoms with Crippen molar-refractivity contribution < 1.29 is 30.4 Å². The molecular weight excluding hydrogens is 515 g/mol. The Hall–Kier alpha value is -3.07. The molecule has 0 saturated carbocycles. The predicted octanol–water partition coefficient (Wildman–Crippen LogP) is 4.73. The van der Waals surface area contributed by atoms with E-state index in [-0.39, 0.29) is 38.5 Å². The van der Waals surface area contributed by atoms with E-state index in [9.17, 15) is 30.4 Å². The predicted molar refractivity (Wildman–Crippen MR) is 118 cm³/mol. The first-order valence-corrected chi connectivity index (χ1v) is 12.4. The average molecular weight is 533 g/mol. The van der Waals surface area contributed by atoms with Gasteiger partial charge in [0.25, 0.3) is 5.92 Å². The van der Waals surface area contributed by atoms with Crippen molar-refractivity contribution in [3.63, 3.8) is 0 Å². The van der Waals surface area contributed by atoms with E-state index in [1.807, 2.05) is 0 Å². The highest BCUT2D eigenvalue weighted by atomic mass is 32.2. The molecule has 0 unspecified atom stereocenters. The third-order valence-electron chi connectivity index (χ3n) is 5.01. The second-order valence-electron chi connectivity index (χ2n) is 7.51. The molecule has 0 aromatic carbocycles. The lowest BCUT2D eigenvalue weighted by Gasteiger charge is -2.11. The van der Waals surface area contributed by atoms with E-state index in [2.05, 4.69) is 20.1 Å². The fourth-order valence-corrected chi connectivity index (χ4v) is 4.80. The standard InChI is InChI=1S/C20H17F5N6O2S2/c1-4-35(32,33)13-5-6-15(31-8-7-14(29-31)19(2,21)22)28-17(13)18-27-11-9-16(34-20(23,24)25)26-10-12(11)30(18)3/h5-10H,4H2,1-3H3. The maximum absolute atomic E-state index is 13.6. The number of thioether (sulfide) groups is 1. The number of hydrogen-bond donors (Lipinski definition) is 0. The van der Waals surface area contributed by atoms with Gasteiger partial charge >= 0.3 is 5.51 Å². The average Bonchev–Trinajstić information content (AvgIpc) is 3.37. The largest absolute Gasteiger partial charge is 0.447 e. The summed E-state index contributed by atoms with van der Waals surface area (Å²) in [6.07, 6.45) is 2.45. The molecule has 4 rings (SSSR count). The highest BCUT2D eigenvalue weighted by molar-refractivity contribution is 8.00. The van der Waals surface area contributed by atoms with Crippen molar-refractivity contribution in [2.24, 2.45) is 7.05 Å². The Morgan fingerprint density at radius 1 is 1.09 bits per heavy atom. The number of halogens is 5. The third-order valence-corrected chi connectivity index (χ3v) is 7.43. The third kappa shape index (κ3) is 5.00. The first-order valence-electron chi connectivity index (χ1n) is 9.96. The van der Waals surface area contributed by atoms with Crippen LogP contribution >= 0.6 is 11.8 Å². The van der Waals surface area contributed by atoms with Gasteiger partial charge in [-0.2, -0.15) is 27.1 Å². The summed E-state index contributed by atoms with van der Waals surface area (Å²) in [6.45, 7) is 2.13. The number of imidazole rings is 1. The number of aryl methyl sites for hydroxylation is 1. The second kappa shape index (κ2) is 8.55. The summed E-state index contributed by atoms with van der Waals surface area (Å²) >= 11 is -0.403. The highest BCUT2D eigenvalue weighted by Gasteiger charge is 2.31. The van der Waals surface area contributed by atoms with E-state index in [4.69, 9.17) is 0 Å². The lowest BCUT2D eigenvalue weighted by atomic mass is 10.3. The van der Waals surface area contributed by atoms with Crippen LogP contribution in [0.2, 0.25) is 0 Å². The fraction of sp³-hybridized carbons (Fsp3) is 0.300. The summed E-state index contributed by atoms with van der Waals surface area (Å²) in [6, 6.07) is 4.83. The molecule has 8 nitrogen and oxygen atoms in total. The van der Waals surface area contributed by atoms with Crippen molar-refractivity contribution in [3.8, 4) is 17.3 Å². The first kappa shape index (κ1) is 25.0. The van der Waals surface area contributed by atoms with Crippen LogP contribution in [0.5, 0.6) is 0 Å². The van der Waals surface area contributed by atoms with Crippen LogP contribution in [0.25, 0.3) is 28.4 Å². The van der Waals surface area contributed by atoms with Crippen LogP contribution < -0.4 is 0 Å². The monoisotopic (exact) mass is 532 g/mol. The number of sulfone groups is 1. The Labute approximate surface area is 200 Å². The molecule has 4 aromatic heterocycles. The van der Waals surface area contributed by atoms with Gasteiger partial charge in [-0.3, -0.25) is 0 Å². The molecule has 15 heteroatoms. The van der Waals surface area contributed by atoms with Crippen molar-refractivity contribution in [1.82, 2.24) is 29.3 Å². The van der Waals surface area contributed by atoms with Crippen LogP contribution in [0.4, 0.5) is 22.0 Å². The minimum Gasteiger partial charge on any atom is -0.324 e. The van der Waals surface area contributed by atoms with E-state index >= 15 is 0 Å². The molecule has 0 aliphatic heterocycles. The summed E-state index contributed by atoms with van der Waals surface area (Å²) in [4.78, 5) is 12.3. The number of hydrogen-bond acceptors (Lipinski definition) is 7. The van der Waals surface area contributed by atoms with E-state index in [0.29, 0.717) is 12.4 Å². The zero-order valence-corrected chi connectivity index (χ0v) is 20.0. The number of aromatic nitrogens is 6. The van der Waals surface area contributed by atoms with Crippen molar-refractivity contribution in [3.05, 3.63) is 42.4 Å². The van der Waals surface area contributed by atoms with E-state index in [1.165, 1.54) is 43.1 Å². The van der Waals surface area contributed by atoms with Crippen LogP contribution in [0.15, 0.2) is 46.6 Å². The Bertz CT molecular complexity index is 1520. The molecule has 0 N–H and O–H groups in total.